The zero-order chi connectivity index (χ0) is 18.0. The third kappa shape index (κ3) is 3.93. The van der Waals surface area contributed by atoms with Crippen LogP contribution >= 0.6 is 55.8 Å². The van der Waals surface area contributed by atoms with Crippen molar-refractivity contribution in [2.45, 2.75) is 6.92 Å². The summed E-state index contributed by atoms with van der Waals surface area (Å²) < 4.78 is 6.47. The zero-order valence-corrected chi connectivity index (χ0v) is 17.0. The van der Waals surface area contributed by atoms with Crippen LogP contribution in [-0.2, 0) is 9.59 Å². The summed E-state index contributed by atoms with van der Waals surface area (Å²) in [5, 5.41) is 18.9. The summed E-state index contributed by atoms with van der Waals surface area (Å²) in [7, 11) is 0. The van der Waals surface area contributed by atoms with Gasteiger partial charge < -0.3 is 14.9 Å². The molecule has 1 aliphatic heterocycles. The minimum atomic E-state index is -1.14. The summed E-state index contributed by atoms with van der Waals surface area (Å²) in [6.45, 7) is 1.67. The number of carbonyl (C=O) groups excluding carboxylic acids is 1. The topological polar surface area (TPSA) is 87.1 Å². The molecule has 0 unspecified atom stereocenters. The number of carboxylic acid groups (broad SMARTS) is 1. The van der Waals surface area contributed by atoms with Crippen LogP contribution in [0.5, 0.6) is 11.5 Å². The highest BCUT2D eigenvalue weighted by Crippen LogP contribution is 2.43. The molecule has 0 atom stereocenters. The predicted molar refractivity (Wildman–Crippen MR) is 102 cm³/mol. The van der Waals surface area contributed by atoms with E-state index in [0.29, 0.717) is 26.0 Å². The van der Waals surface area contributed by atoms with Gasteiger partial charge in [0.15, 0.2) is 11.5 Å². The number of thioether (sulfide) groups is 1. The number of benzene rings is 1. The third-order valence-corrected chi connectivity index (χ3v) is 6.46. The van der Waals surface area contributed by atoms with E-state index in [2.05, 4.69) is 31.9 Å². The molecule has 1 amide bonds. The molecule has 2 rings (SSSR count). The molecule has 1 aliphatic rings. The fraction of sp³-hybridized carbons (Fsp3) is 0.214. The lowest BCUT2D eigenvalue weighted by atomic mass is 10.2. The van der Waals surface area contributed by atoms with E-state index in [1.165, 1.54) is 0 Å². The molecule has 128 valence electrons. The van der Waals surface area contributed by atoms with E-state index in [1.807, 2.05) is 0 Å². The number of phenols is 1. The molecule has 0 aromatic heterocycles. The quantitative estimate of drug-likeness (QED) is 0.475. The van der Waals surface area contributed by atoms with E-state index in [9.17, 15) is 14.7 Å². The fourth-order valence-electron chi connectivity index (χ4n) is 1.90. The molecule has 0 saturated carbocycles. The first-order chi connectivity index (χ1) is 11.3. The van der Waals surface area contributed by atoms with Crippen molar-refractivity contribution in [1.82, 2.24) is 4.90 Å². The van der Waals surface area contributed by atoms with E-state index in [4.69, 9.17) is 22.1 Å². The van der Waals surface area contributed by atoms with Crippen LogP contribution in [-0.4, -0.2) is 44.5 Å². The minimum Gasteiger partial charge on any atom is -0.503 e. The van der Waals surface area contributed by atoms with Crippen LogP contribution in [0.1, 0.15) is 12.5 Å². The van der Waals surface area contributed by atoms with Crippen molar-refractivity contribution in [2.24, 2.45) is 0 Å². The van der Waals surface area contributed by atoms with Gasteiger partial charge in [-0.05, 0) is 56.5 Å². The maximum atomic E-state index is 12.3. The van der Waals surface area contributed by atoms with Gasteiger partial charge >= 0.3 is 5.97 Å². The minimum absolute atomic E-state index is 0.0562. The second-order valence-electron chi connectivity index (χ2n) is 4.54. The number of hydrogen-bond donors (Lipinski definition) is 2. The SMILES string of the molecule is CCOc1cc(/C=C2/SC(=S)N(CC(=O)O)C2=O)c(Br)c(Br)c1O. The molecule has 1 aromatic rings. The van der Waals surface area contributed by atoms with Gasteiger partial charge in [0, 0.05) is 4.47 Å². The maximum absolute atomic E-state index is 12.3. The third-order valence-electron chi connectivity index (χ3n) is 2.93. The van der Waals surface area contributed by atoms with Gasteiger partial charge in [0.05, 0.1) is 16.0 Å². The van der Waals surface area contributed by atoms with Crippen molar-refractivity contribution in [3.05, 3.63) is 25.5 Å². The number of phenolic OH excluding ortho intramolecular Hbond substituents is 1. The first-order valence-electron chi connectivity index (χ1n) is 6.57. The van der Waals surface area contributed by atoms with Crippen LogP contribution < -0.4 is 4.74 Å². The number of hydrogen-bond acceptors (Lipinski definition) is 6. The number of thiocarbonyl (C=S) groups is 1. The van der Waals surface area contributed by atoms with E-state index in [-0.39, 0.29) is 15.8 Å². The normalized spacial score (nSPS) is 16.1. The number of halogens is 2. The Bertz CT molecular complexity index is 766. The lowest BCUT2D eigenvalue weighted by Crippen LogP contribution is -2.33. The second kappa shape index (κ2) is 7.85. The molecule has 0 radical (unpaired) electrons. The molecular formula is C14H11Br2NO5S2. The number of aromatic hydroxyl groups is 1. The molecule has 24 heavy (non-hydrogen) atoms. The number of rotatable bonds is 5. The molecule has 0 aliphatic carbocycles. The number of ether oxygens (including phenoxy) is 1. The molecule has 1 saturated heterocycles. The monoisotopic (exact) mass is 495 g/mol. The number of amides is 1. The fourth-order valence-corrected chi connectivity index (χ4v) is 3.98. The predicted octanol–water partition coefficient (Wildman–Crippen LogP) is 3.60. The van der Waals surface area contributed by atoms with Crippen LogP contribution in [0.2, 0.25) is 0 Å². The van der Waals surface area contributed by atoms with Gasteiger partial charge in [-0.2, -0.15) is 0 Å². The Morgan fingerprint density at radius 3 is 2.71 bits per heavy atom. The first kappa shape index (κ1) is 19.2. The average Bonchev–Trinajstić information content (AvgIpc) is 2.77. The Morgan fingerprint density at radius 2 is 2.12 bits per heavy atom. The van der Waals surface area contributed by atoms with Crippen LogP contribution in [0.25, 0.3) is 6.08 Å². The van der Waals surface area contributed by atoms with Crippen molar-refractivity contribution in [3.8, 4) is 11.5 Å². The van der Waals surface area contributed by atoms with Gasteiger partial charge in [-0.25, -0.2) is 0 Å². The molecule has 0 spiro atoms. The summed E-state index contributed by atoms with van der Waals surface area (Å²) in [5.74, 6) is -1.40. The lowest BCUT2D eigenvalue weighted by molar-refractivity contribution is -0.140. The van der Waals surface area contributed by atoms with Crippen molar-refractivity contribution < 1.29 is 24.5 Å². The summed E-state index contributed by atoms with van der Waals surface area (Å²) in [5.41, 5.74) is 0.582. The van der Waals surface area contributed by atoms with Crippen LogP contribution in [0.3, 0.4) is 0 Å². The Morgan fingerprint density at radius 1 is 1.46 bits per heavy atom. The van der Waals surface area contributed by atoms with Crippen LogP contribution in [0, 0.1) is 0 Å². The standard InChI is InChI=1S/C14H11Br2NO5S2/c1-2-22-7-3-6(10(15)11(16)12(7)20)4-8-13(21)17(5-9(18)19)14(23)24-8/h3-4,20H,2,5H2,1H3,(H,18,19)/b8-4+. The van der Waals surface area contributed by atoms with Crippen LogP contribution in [0.15, 0.2) is 19.9 Å². The Hall–Kier alpha value is -1.10. The molecule has 1 fully saturated rings. The van der Waals surface area contributed by atoms with Gasteiger partial charge in [0.1, 0.15) is 10.9 Å². The van der Waals surface area contributed by atoms with Gasteiger partial charge in [0.2, 0.25) is 0 Å². The average molecular weight is 497 g/mol. The molecular weight excluding hydrogens is 486 g/mol. The largest absolute Gasteiger partial charge is 0.503 e. The lowest BCUT2D eigenvalue weighted by Gasteiger charge is -2.12. The van der Waals surface area contributed by atoms with E-state index in [0.717, 1.165) is 16.7 Å². The number of nitrogens with zero attached hydrogens (tertiary/aromatic N) is 1. The summed E-state index contributed by atoms with van der Waals surface area (Å²) in [6, 6.07) is 1.58. The van der Waals surface area contributed by atoms with Crippen LogP contribution in [0.4, 0.5) is 0 Å². The molecule has 6 nitrogen and oxygen atoms in total. The van der Waals surface area contributed by atoms with Crippen molar-refractivity contribution in [2.75, 3.05) is 13.2 Å². The highest BCUT2D eigenvalue weighted by Gasteiger charge is 2.33. The van der Waals surface area contributed by atoms with Crippen molar-refractivity contribution in [1.29, 1.82) is 0 Å². The number of carboxylic acids is 1. The number of aliphatic carboxylic acids is 1. The van der Waals surface area contributed by atoms with E-state index < -0.39 is 18.4 Å². The highest BCUT2D eigenvalue weighted by atomic mass is 79.9. The van der Waals surface area contributed by atoms with E-state index in [1.54, 1.807) is 19.1 Å². The highest BCUT2D eigenvalue weighted by molar-refractivity contribution is 9.13. The van der Waals surface area contributed by atoms with Gasteiger partial charge in [-0.1, -0.05) is 24.0 Å². The van der Waals surface area contributed by atoms with Crippen molar-refractivity contribution >= 4 is 78.1 Å². The molecule has 0 bridgehead atoms. The second-order valence-corrected chi connectivity index (χ2v) is 7.80. The molecule has 10 heteroatoms. The molecule has 1 heterocycles. The Balaban J connectivity index is 2.43. The Labute approximate surface area is 164 Å². The maximum Gasteiger partial charge on any atom is 0.323 e. The zero-order valence-electron chi connectivity index (χ0n) is 12.2. The Kier molecular flexibility index (Phi) is 6.29. The summed E-state index contributed by atoms with van der Waals surface area (Å²) in [4.78, 5) is 24.5. The molecule has 1 aromatic carbocycles. The summed E-state index contributed by atoms with van der Waals surface area (Å²) >= 11 is 12.7. The first-order valence-corrected chi connectivity index (χ1v) is 9.38. The smallest absolute Gasteiger partial charge is 0.323 e. The van der Waals surface area contributed by atoms with E-state index >= 15 is 0 Å². The van der Waals surface area contributed by atoms with Gasteiger partial charge in [-0.15, -0.1) is 0 Å². The van der Waals surface area contributed by atoms with Gasteiger partial charge in [0.25, 0.3) is 5.91 Å². The molecule has 2 N–H and O–H groups in total. The summed E-state index contributed by atoms with van der Waals surface area (Å²) in [6.07, 6.45) is 1.57. The number of carbonyl (C=O) groups is 2. The van der Waals surface area contributed by atoms with Crippen molar-refractivity contribution in [3.63, 3.8) is 0 Å². The van der Waals surface area contributed by atoms with Gasteiger partial charge in [-0.3, -0.25) is 14.5 Å².